The molecule has 7 heteroatoms. The molecule has 0 aliphatic rings. The summed E-state index contributed by atoms with van der Waals surface area (Å²) in [5.41, 5.74) is -0.0167. The molecule has 2 amide bonds. The zero-order chi connectivity index (χ0) is 12.8. The molecule has 1 N–H and O–H groups in total. The topological polar surface area (TPSA) is 75.5 Å². The minimum absolute atomic E-state index is 0.0167. The van der Waals surface area contributed by atoms with Gasteiger partial charge in [-0.2, -0.15) is 0 Å². The Morgan fingerprint density at radius 2 is 2.18 bits per heavy atom. The molecule has 0 aliphatic carbocycles. The normalized spacial score (nSPS) is 9.76. The number of benzene rings is 1. The maximum Gasteiger partial charge on any atom is 0.327 e. The number of urea groups is 1. The Balaban J connectivity index is 2.69. The molecular formula is C10H13N3O3S. The molecule has 0 unspecified atom stereocenters. The fraction of sp³-hybridized carbons (Fsp3) is 0.300. The molecule has 1 rings (SSSR count). The van der Waals surface area contributed by atoms with Gasteiger partial charge >= 0.3 is 6.03 Å². The lowest BCUT2D eigenvalue weighted by atomic mass is 10.3. The highest BCUT2D eigenvalue weighted by Crippen LogP contribution is 2.26. The van der Waals surface area contributed by atoms with Crippen molar-refractivity contribution in [2.24, 2.45) is 0 Å². The van der Waals surface area contributed by atoms with Crippen LogP contribution in [-0.4, -0.2) is 29.4 Å². The largest absolute Gasteiger partial charge is 0.327 e. The molecule has 0 atom stereocenters. The van der Waals surface area contributed by atoms with Crippen LogP contribution in [0.15, 0.2) is 29.2 Å². The van der Waals surface area contributed by atoms with E-state index in [4.69, 9.17) is 0 Å². The lowest BCUT2D eigenvalue weighted by Crippen LogP contribution is -2.33. The van der Waals surface area contributed by atoms with Gasteiger partial charge in [0.25, 0.3) is 5.69 Å². The SMILES string of the molecule is CCN(C)C(=O)NSc1ccccc1[N+](=O)[O-]. The Kier molecular flexibility index (Phi) is 4.77. The van der Waals surface area contributed by atoms with Crippen LogP contribution >= 0.6 is 11.9 Å². The smallest absolute Gasteiger partial charge is 0.327 e. The van der Waals surface area contributed by atoms with Crippen molar-refractivity contribution in [2.45, 2.75) is 11.8 Å². The Labute approximate surface area is 103 Å². The predicted octanol–water partition coefficient (Wildman–Crippen LogP) is 2.26. The van der Waals surface area contributed by atoms with Gasteiger partial charge in [-0.1, -0.05) is 12.1 Å². The number of rotatable bonds is 4. The molecule has 0 aromatic heterocycles. The molecule has 0 radical (unpaired) electrons. The standard InChI is InChI=1S/C10H13N3O3S/c1-3-12(2)10(14)11-17-9-7-5-4-6-8(9)13(15)16/h4-7H,3H2,1-2H3,(H,11,14). The molecule has 0 saturated heterocycles. The van der Waals surface area contributed by atoms with Gasteiger partial charge in [-0.25, -0.2) is 4.79 Å². The Morgan fingerprint density at radius 1 is 1.53 bits per heavy atom. The molecule has 92 valence electrons. The Bertz CT molecular complexity index is 425. The number of carbonyl (C=O) groups is 1. The third kappa shape index (κ3) is 3.63. The molecule has 0 heterocycles. The number of hydrogen-bond donors (Lipinski definition) is 1. The van der Waals surface area contributed by atoms with Crippen LogP contribution < -0.4 is 4.72 Å². The summed E-state index contributed by atoms with van der Waals surface area (Å²) in [5, 5.41) is 10.7. The van der Waals surface area contributed by atoms with Gasteiger partial charge < -0.3 is 4.90 Å². The quantitative estimate of drug-likeness (QED) is 0.508. The fourth-order valence-corrected chi connectivity index (χ4v) is 1.76. The lowest BCUT2D eigenvalue weighted by Gasteiger charge is -2.14. The first-order valence-electron chi connectivity index (χ1n) is 4.97. The highest BCUT2D eigenvalue weighted by atomic mass is 32.2. The molecule has 1 aromatic carbocycles. The molecule has 0 bridgehead atoms. The second kappa shape index (κ2) is 6.09. The number of para-hydroxylation sites is 1. The van der Waals surface area contributed by atoms with Crippen molar-refractivity contribution in [3.8, 4) is 0 Å². The minimum Gasteiger partial charge on any atom is -0.327 e. The zero-order valence-corrected chi connectivity index (χ0v) is 10.4. The van der Waals surface area contributed by atoms with E-state index in [-0.39, 0.29) is 11.7 Å². The van der Waals surface area contributed by atoms with Crippen LogP contribution in [0.3, 0.4) is 0 Å². The maximum absolute atomic E-state index is 11.5. The van der Waals surface area contributed by atoms with Crippen molar-refractivity contribution in [2.75, 3.05) is 13.6 Å². The molecule has 17 heavy (non-hydrogen) atoms. The van der Waals surface area contributed by atoms with Crippen molar-refractivity contribution in [1.82, 2.24) is 9.62 Å². The van der Waals surface area contributed by atoms with Gasteiger partial charge in [0.2, 0.25) is 0 Å². The monoisotopic (exact) mass is 255 g/mol. The van der Waals surface area contributed by atoms with Crippen LogP contribution in [0.2, 0.25) is 0 Å². The fourth-order valence-electron chi connectivity index (χ4n) is 1.01. The third-order valence-corrected chi connectivity index (χ3v) is 2.97. The number of nitro groups is 1. The van der Waals surface area contributed by atoms with E-state index in [0.717, 1.165) is 11.9 Å². The summed E-state index contributed by atoms with van der Waals surface area (Å²) in [7, 11) is 1.65. The van der Waals surface area contributed by atoms with Gasteiger partial charge in [-0.05, 0) is 24.9 Å². The van der Waals surface area contributed by atoms with Gasteiger partial charge in [0.05, 0.1) is 4.92 Å². The van der Waals surface area contributed by atoms with Crippen molar-refractivity contribution in [1.29, 1.82) is 0 Å². The number of hydrogen-bond acceptors (Lipinski definition) is 4. The van der Waals surface area contributed by atoms with E-state index in [9.17, 15) is 14.9 Å². The van der Waals surface area contributed by atoms with Crippen LogP contribution in [0.4, 0.5) is 10.5 Å². The van der Waals surface area contributed by atoms with E-state index in [0.29, 0.717) is 11.4 Å². The summed E-state index contributed by atoms with van der Waals surface area (Å²) in [5.74, 6) is 0. The first-order valence-corrected chi connectivity index (χ1v) is 5.79. The number of nitro benzene ring substituents is 1. The van der Waals surface area contributed by atoms with E-state index in [1.165, 1.54) is 11.0 Å². The number of nitrogens with zero attached hydrogens (tertiary/aromatic N) is 2. The van der Waals surface area contributed by atoms with Crippen LogP contribution in [0.5, 0.6) is 0 Å². The molecule has 0 spiro atoms. The molecular weight excluding hydrogens is 242 g/mol. The molecule has 0 saturated carbocycles. The van der Waals surface area contributed by atoms with Gasteiger partial charge in [0, 0.05) is 19.7 Å². The van der Waals surface area contributed by atoms with Crippen LogP contribution in [0, 0.1) is 10.1 Å². The Hall–Kier alpha value is -1.76. The highest BCUT2D eigenvalue weighted by molar-refractivity contribution is 7.98. The summed E-state index contributed by atoms with van der Waals surface area (Å²) in [6.45, 7) is 2.42. The number of nitrogens with one attached hydrogen (secondary N) is 1. The van der Waals surface area contributed by atoms with E-state index >= 15 is 0 Å². The second-order valence-corrected chi connectivity index (χ2v) is 4.10. The first kappa shape index (κ1) is 13.3. The molecule has 1 aromatic rings. The van der Waals surface area contributed by atoms with Gasteiger partial charge in [-0.15, -0.1) is 0 Å². The van der Waals surface area contributed by atoms with E-state index in [1.54, 1.807) is 25.2 Å². The summed E-state index contributed by atoms with van der Waals surface area (Å²) in [6.07, 6.45) is 0. The summed E-state index contributed by atoms with van der Waals surface area (Å²) in [6, 6.07) is 5.98. The van der Waals surface area contributed by atoms with Crippen LogP contribution in [0.25, 0.3) is 0 Å². The van der Waals surface area contributed by atoms with Crippen molar-refractivity contribution >= 4 is 23.7 Å². The van der Waals surface area contributed by atoms with Crippen molar-refractivity contribution in [3.63, 3.8) is 0 Å². The number of amides is 2. The van der Waals surface area contributed by atoms with Gasteiger partial charge in [0.1, 0.15) is 4.90 Å². The van der Waals surface area contributed by atoms with Crippen LogP contribution in [0.1, 0.15) is 6.92 Å². The second-order valence-electron chi connectivity index (χ2n) is 3.25. The molecule has 6 nitrogen and oxygen atoms in total. The van der Waals surface area contributed by atoms with Crippen molar-refractivity contribution < 1.29 is 9.72 Å². The van der Waals surface area contributed by atoms with Gasteiger partial charge in [-0.3, -0.25) is 14.8 Å². The average Bonchev–Trinajstić information content (AvgIpc) is 2.35. The van der Waals surface area contributed by atoms with Crippen LogP contribution in [-0.2, 0) is 0 Å². The lowest BCUT2D eigenvalue weighted by molar-refractivity contribution is -0.387. The predicted molar refractivity (Wildman–Crippen MR) is 65.8 cm³/mol. The Morgan fingerprint density at radius 3 is 2.76 bits per heavy atom. The number of carbonyl (C=O) groups excluding carboxylic acids is 1. The maximum atomic E-state index is 11.5. The van der Waals surface area contributed by atoms with E-state index in [2.05, 4.69) is 4.72 Å². The zero-order valence-electron chi connectivity index (χ0n) is 9.54. The van der Waals surface area contributed by atoms with Gasteiger partial charge in [0.15, 0.2) is 0 Å². The summed E-state index contributed by atoms with van der Waals surface area (Å²) < 4.78 is 2.54. The third-order valence-electron chi connectivity index (χ3n) is 2.13. The highest BCUT2D eigenvalue weighted by Gasteiger charge is 2.14. The summed E-state index contributed by atoms with van der Waals surface area (Å²) >= 11 is 0.944. The summed E-state index contributed by atoms with van der Waals surface area (Å²) in [4.78, 5) is 23.6. The molecule has 0 fully saturated rings. The van der Waals surface area contributed by atoms with Crippen molar-refractivity contribution in [3.05, 3.63) is 34.4 Å². The van der Waals surface area contributed by atoms with E-state index in [1.807, 2.05) is 6.92 Å². The van der Waals surface area contributed by atoms with E-state index < -0.39 is 4.92 Å². The average molecular weight is 255 g/mol. The molecule has 0 aliphatic heterocycles. The first-order chi connectivity index (χ1) is 8.06. The minimum atomic E-state index is -0.474.